The van der Waals surface area contributed by atoms with Crippen LogP contribution in [0, 0.1) is 11.8 Å². The van der Waals surface area contributed by atoms with Crippen LogP contribution in [-0.2, 0) is 0 Å². The highest BCUT2D eigenvalue weighted by atomic mass is 14.4. The molecule has 0 aromatic heterocycles. The number of hydrogen-bond acceptors (Lipinski definition) is 0. The Morgan fingerprint density at radius 3 is 2.00 bits per heavy atom. The van der Waals surface area contributed by atoms with Crippen LogP contribution >= 0.6 is 0 Å². The van der Waals surface area contributed by atoms with Crippen LogP contribution in [0.4, 0.5) is 0 Å². The molecule has 0 amide bonds. The molecule has 0 radical (unpaired) electrons. The van der Waals surface area contributed by atoms with Gasteiger partial charge < -0.3 is 0 Å². The topological polar surface area (TPSA) is 0 Å². The molecule has 0 bridgehead atoms. The minimum Gasteiger partial charge on any atom is -0.0683 e. The van der Waals surface area contributed by atoms with Gasteiger partial charge in [0.2, 0.25) is 0 Å². The van der Waals surface area contributed by atoms with Crippen LogP contribution in [0.2, 0.25) is 0 Å². The van der Waals surface area contributed by atoms with E-state index in [2.05, 4.69) is 52.0 Å². The Morgan fingerprint density at radius 2 is 1.50 bits per heavy atom. The molecule has 0 saturated heterocycles. The number of benzene rings is 1. The summed E-state index contributed by atoms with van der Waals surface area (Å²) in [6.45, 7) is 17.5. The van der Waals surface area contributed by atoms with Gasteiger partial charge in [0.25, 0.3) is 0 Å². The number of rotatable bonds is 2. The van der Waals surface area contributed by atoms with E-state index >= 15 is 0 Å². The van der Waals surface area contributed by atoms with Crippen LogP contribution < -0.4 is 0 Å². The summed E-state index contributed by atoms with van der Waals surface area (Å²) in [4.78, 5) is 0. The van der Waals surface area contributed by atoms with Crippen molar-refractivity contribution in [2.45, 2.75) is 80.1 Å². The molecule has 116 valence electrons. The smallest absolute Gasteiger partial charge is 0.0131 e. The van der Waals surface area contributed by atoms with Crippen molar-refractivity contribution in [3.05, 3.63) is 35.4 Å². The first-order valence-electron chi connectivity index (χ1n) is 8.74. The van der Waals surface area contributed by atoms with Crippen LogP contribution in [0.5, 0.6) is 0 Å². The van der Waals surface area contributed by atoms with Crippen molar-refractivity contribution in [1.29, 1.82) is 0 Å². The first-order chi connectivity index (χ1) is 9.65. The molecule has 0 nitrogen and oxygen atoms in total. The predicted molar refractivity (Wildman–Crippen MR) is 93.5 cm³/mol. The summed E-state index contributed by atoms with van der Waals surface area (Å²) in [5.74, 6) is 3.16. The van der Waals surface area contributed by atoms with E-state index in [1.54, 1.807) is 11.1 Å². The molecule has 20 heavy (non-hydrogen) atoms. The first-order valence-corrected chi connectivity index (χ1v) is 8.74. The Hall–Kier alpha value is -0.780. The van der Waals surface area contributed by atoms with Crippen LogP contribution in [0.3, 0.4) is 0 Å². The third kappa shape index (κ3) is 4.36. The second-order valence-electron chi connectivity index (χ2n) is 5.62. The Balaban J connectivity index is 0.000000829. The van der Waals surface area contributed by atoms with E-state index in [9.17, 15) is 0 Å². The van der Waals surface area contributed by atoms with Gasteiger partial charge in [0.1, 0.15) is 0 Å². The van der Waals surface area contributed by atoms with Gasteiger partial charge in [0.15, 0.2) is 0 Å². The highest BCUT2D eigenvalue weighted by Gasteiger charge is 2.31. The van der Waals surface area contributed by atoms with Crippen LogP contribution in [0.15, 0.2) is 24.3 Å². The zero-order chi connectivity index (χ0) is 15.7. The molecule has 0 N–H and O–H groups in total. The second kappa shape index (κ2) is 10.0. The molecule has 1 aliphatic carbocycles. The van der Waals surface area contributed by atoms with E-state index in [1.807, 2.05) is 27.7 Å². The van der Waals surface area contributed by atoms with Crippen molar-refractivity contribution < 1.29 is 0 Å². The molecule has 0 aliphatic heterocycles. The predicted octanol–water partition coefficient (Wildman–Crippen LogP) is 7.01. The summed E-state index contributed by atoms with van der Waals surface area (Å²) in [5, 5.41) is 0. The molecule has 0 heteroatoms. The summed E-state index contributed by atoms with van der Waals surface area (Å²) in [6.07, 6.45) is 2.66. The molecule has 1 aromatic carbocycles. The molecule has 0 spiro atoms. The third-order valence-corrected chi connectivity index (χ3v) is 4.70. The third-order valence-electron chi connectivity index (χ3n) is 4.70. The van der Waals surface area contributed by atoms with Crippen molar-refractivity contribution in [1.82, 2.24) is 0 Å². The number of hydrogen-bond donors (Lipinski definition) is 0. The van der Waals surface area contributed by atoms with Crippen molar-refractivity contribution in [3.8, 4) is 0 Å². The van der Waals surface area contributed by atoms with Crippen molar-refractivity contribution in [2.75, 3.05) is 0 Å². The second-order valence-corrected chi connectivity index (χ2v) is 5.62. The Bertz CT molecular complexity index is 353. The van der Waals surface area contributed by atoms with E-state index in [-0.39, 0.29) is 0 Å². The molecule has 4 atom stereocenters. The SMILES string of the molecule is CC.CC.CCC(C)C1CC(C)C(C)c2ccccc21. The fourth-order valence-electron chi connectivity index (χ4n) is 3.12. The average Bonchev–Trinajstić information content (AvgIpc) is 2.54. The summed E-state index contributed by atoms with van der Waals surface area (Å²) >= 11 is 0. The van der Waals surface area contributed by atoms with E-state index < -0.39 is 0 Å². The van der Waals surface area contributed by atoms with Crippen LogP contribution in [-0.4, -0.2) is 0 Å². The summed E-state index contributed by atoms with van der Waals surface area (Å²) in [6, 6.07) is 9.09. The summed E-state index contributed by atoms with van der Waals surface area (Å²) < 4.78 is 0. The monoisotopic (exact) mass is 276 g/mol. The lowest BCUT2D eigenvalue weighted by atomic mass is 9.67. The fourth-order valence-corrected chi connectivity index (χ4v) is 3.12. The van der Waals surface area contributed by atoms with Gasteiger partial charge in [0.05, 0.1) is 0 Å². The average molecular weight is 277 g/mol. The Labute approximate surface area is 128 Å². The molecule has 0 saturated carbocycles. The normalized spacial score (nSPS) is 25.3. The highest BCUT2D eigenvalue weighted by Crippen LogP contribution is 2.45. The summed E-state index contributed by atoms with van der Waals surface area (Å²) in [7, 11) is 0. The fraction of sp³-hybridized carbons (Fsp3) is 0.700. The molecule has 1 aromatic rings. The zero-order valence-corrected chi connectivity index (χ0v) is 15.0. The zero-order valence-electron chi connectivity index (χ0n) is 15.0. The van der Waals surface area contributed by atoms with Crippen LogP contribution in [0.1, 0.15) is 91.2 Å². The maximum absolute atomic E-state index is 2.41. The summed E-state index contributed by atoms with van der Waals surface area (Å²) in [5.41, 5.74) is 3.23. The van der Waals surface area contributed by atoms with Gasteiger partial charge in [-0.05, 0) is 41.2 Å². The molecule has 4 unspecified atom stereocenters. The van der Waals surface area contributed by atoms with Gasteiger partial charge in [-0.3, -0.25) is 0 Å². The minimum atomic E-state index is 0.733. The van der Waals surface area contributed by atoms with Gasteiger partial charge in [0, 0.05) is 0 Å². The van der Waals surface area contributed by atoms with E-state index in [0.717, 1.165) is 23.7 Å². The van der Waals surface area contributed by atoms with E-state index in [4.69, 9.17) is 0 Å². The molecular weight excluding hydrogens is 240 g/mol. The molecular formula is C20H36. The standard InChI is InChI=1S/C16H24.2C2H6/c1-5-11(2)16-10-12(3)13(4)14-8-6-7-9-15(14)16;2*1-2/h6-9,11-13,16H,5,10H2,1-4H3;2*1-2H3. The lowest BCUT2D eigenvalue weighted by Crippen LogP contribution is -2.23. The van der Waals surface area contributed by atoms with Gasteiger partial charge >= 0.3 is 0 Å². The minimum absolute atomic E-state index is 0.733. The highest BCUT2D eigenvalue weighted by molar-refractivity contribution is 5.36. The lowest BCUT2D eigenvalue weighted by molar-refractivity contribution is 0.311. The van der Waals surface area contributed by atoms with Gasteiger partial charge in [-0.15, -0.1) is 0 Å². The van der Waals surface area contributed by atoms with Crippen molar-refractivity contribution >= 4 is 0 Å². The molecule has 0 heterocycles. The Morgan fingerprint density at radius 1 is 1.00 bits per heavy atom. The largest absolute Gasteiger partial charge is 0.0683 e. The molecule has 0 fully saturated rings. The number of fused-ring (bicyclic) bond motifs is 1. The van der Waals surface area contributed by atoms with Crippen LogP contribution in [0.25, 0.3) is 0 Å². The van der Waals surface area contributed by atoms with Crippen molar-refractivity contribution in [3.63, 3.8) is 0 Å². The molecule has 1 aliphatic rings. The van der Waals surface area contributed by atoms with Gasteiger partial charge in [-0.2, -0.15) is 0 Å². The quantitative estimate of drug-likeness (QED) is 0.545. The molecule has 2 rings (SSSR count). The van der Waals surface area contributed by atoms with Gasteiger partial charge in [-0.25, -0.2) is 0 Å². The Kier molecular flexibility index (Phi) is 9.63. The maximum Gasteiger partial charge on any atom is -0.0131 e. The maximum atomic E-state index is 2.41. The van der Waals surface area contributed by atoms with Gasteiger partial charge in [-0.1, -0.05) is 86.1 Å². The van der Waals surface area contributed by atoms with E-state index in [0.29, 0.717) is 0 Å². The first kappa shape index (κ1) is 19.2. The van der Waals surface area contributed by atoms with Crippen molar-refractivity contribution in [2.24, 2.45) is 11.8 Å². The lowest BCUT2D eigenvalue weighted by Gasteiger charge is -2.37. The van der Waals surface area contributed by atoms with E-state index in [1.165, 1.54) is 12.8 Å².